The fourth-order valence-electron chi connectivity index (χ4n) is 1.53. The highest BCUT2D eigenvalue weighted by molar-refractivity contribution is 5.19. The Morgan fingerprint density at radius 3 is 2.93 bits per heavy atom. The van der Waals surface area contributed by atoms with E-state index in [1.165, 1.54) is 19.3 Å². The zero-order valence-corrected chi connectivity index (χ0v) is 9.20. The lowest BCUT2D eigenvalue weighted by molar-refractivity contribution is 0.301. The zero-order chi connectivity index (χ0) is 10.5. The van der Waals surface area contributed by atoms with E-state index < -0.39 is 0 Å². The molecule has 1 fully saturated rings. The van der Waals surface area contributed by atoms with Crippen LogP contribution in [-0.2, 0) is 6.54 Å². The summed E-state index contributed by atoms with van der Waals surface area (Å²) in [4.78, 5) is 4.29. The van der Waals surface area contributed by atoms with Gasteiger partial charge in [0.05, 0.1) is 18.5 Å². The lowest BCUT2D eigenvalue weighted by atomic mass is 10.3. The van der Waals surface area contributed by atoms with Gasteiger partial charge in [0.15, 0.2) is 0 Å². The largest absolute Gasteiger partial charge is 0.492 e. The first-order valence-corrected chi connectivity index (χ1v) is 5.61. The Bertz CT molecular complexity index is 293. The van der Waals surface area contributed by atoms with Crippen molar-refractivity contribution in [2.75, 3.05) is 13.7 Å². The van der Waals surface area contributed by atoms with Crippen molar-refractivity contribution in [3.63, 3.8) is 0 Å². The predicted molar refractivity (Wildman–Crippen MR) is 59.8 cm³/mol. The van der Waals surface area contributed by atoms with Crippen LogP contribution in [-0.4, -0.2) is 18.6 Å². The summed E-state index contributed by atoms with van der Waals surface area (Å²) in [6.45, 7) is 1.64. The minimum Gasteiger partial charge on any atom is -0.492 e. The summed E-state index contributed by atoms with van der Waals surface area (Å²) in [6.07, 6.45) is 5.78. The van der Waals surface area contributed by atoms with Gasteiger partial charge in [0.25, 0.3) is 0 Å². The maximum atomic E-state index is 5.61. The molecular weight excluding hydrogens is 188 g/mol. The second kappa shape index (κ2) is 5.12. The lowest BCUT2D eigenvalue weighted by Gasteiger charge is -2.05. The van der Waals surface area contributed by atoms with Crippen LogP contribution < -0.4 is 10.1 Å². The van der Waals surface area contributed by atoms with Gasteiger partial charge in [-0.2, -0.15) is 0 Å². The molecule has 0 atom stereocenters. The van der Waals surface area contributed by atoms with Crippen molar-refractivity contribution >= 4 is 0 Å². The van der Waals surface area contributed by atoms with Crippen LogP contribution in [0.1, 0.15) is 25.0 Å². The average Bonchev–Trinajstić information content (AvgIpc) is 3.05. The van der Waals surface area contributed by atoms with E-state index in [9.17, 15) is 0 Å². The van der Waals surface area contributed by atoms with Crippen LogP contribution in [0.2, 0.25) is 0 Å². The van der Waals surface area contributed by atoms with Gasteiger partial charge < -0.3 is 10.1 Å². The molecule has 1 saturated carbocycles. The number of aromatic nitrogens is 1. The third-order valence-electron chi connectivity index (χ3n) is 2.65. The van der Waals surface area contributed by atoms with E-state index in [-0.39, 0.29) is 0 Å². The fourth-order valence-corrected chi connectivity index (χ4v) is 1.53. The summed E-state index contributed by atoms with van der Waals surface area (Å²) in [7, 11) is 1.92. The van der Waals surface area contributed by atoms with E-state index in [0.29, 0.717) is 0 Å². The number of nitrogens with one attached hydrogen (secondary N) is 1. The zero-order valence-electron chi connectivity index (χ0n) is 9.20. The van der Waals surface area contributed by atoms with Gasteiger partial charge in [-0.1, -0.05) is 12.8 Å². The van der Waals surface area contributed by atoms with Crippen LogP contribution in [0, 0.1) is 5.92 Å². The van der Waals surface area contributed by atoms with Crippen molar-refractivity contribution in [2.45, 2.75) is 25.8 Å². The Labute approximate surface area is 90.9 Å². The topological polar surface area (TPSA) is 34.1 Å². The van der Waals surface area contributed by atoms with Crippen molar-refractivity contribution in [3.05, 3.63) is 24.0 Å². The van der Waals surface area contributed by atoms with Crippen molar-refractivity contribution in [1.82, 2.24) is 10.3 Å². The Balaban J connectivity index is 1.75. The second-order valence-electron chi connectivity index (χ2n) is 4.10. The molecular formula is C12H18N2O. The third kappa shape index (κ3) is 3.51. The van der Waals surface area contributed by atoms with Gasteiger partial charge >= 0.3 is 0 Å². The van der Waals surface area contributed by atoms with Crippen LogP contribution in [0.4, 0.5) is 0 Å². The number of hydrogen-bond acceptors (Lipinski definition) is 3. The molecule has 1 N–H and O–H groups in total. The summed E-state index contributed by atoms with van der Waals surface area (Å²) in [5.74, 6) is 1.82. The highest BCUT2D eigenvalue weighted by Crippen LogP contribution is 2.32. The van der Waals surface area contributed by atoms with E-state index in [1.807, 2.05) is 19.2 Å². The van der Waals surface area contributed by atoms with Gasteiger partial charge in [-0.15, -0.1) is 0 Å². The molecule has 15 heavy (non-hydrogen) atoms. The molecule has 0 bridgehead atoms. The van der Waals surface area contributed by atoms with E-state index in [0.717, 1.165) is 30.5 Å². The molecule has 0 spiro atoms. The second-order valence-corrected chi connectivity index (χ2v) is 4.10. The molecule has 0 unspecified atom stereocenters. The molecule has 2 rings (SSSR count). The fraction of sp³-hybridized carbons (Fsp3) is 0.583. The smallest absolute Gasteiger partial charge is 0.137 e. The molecule has 0 aliphatic heterocycles. The van der Waals surface area contributed by atoms with Crippen molar-refractivity contribution in [1.29, 1.82) is 0 Å². The first-order valence-electron chi connectivity index (χ1n) is 5.61. The molecule has 0 aromatic carbocycles. The molecule has 3 heteroatoms. The van der Waals surface area contributed by atoms with Crippen molar-refractivity contribution < 1.29 is 4.74 Å². The van der Waals surface area contributed by atoms with Gasteiger partial charge in [0.1, 0.15) is 5.75 Å². The minimum absolute atomic E-state index is 0.808. The van der Waals surface area contributed by atoms with E-state index >= 15 is 0 Å². The molecule has 1 aliphatic carbocycles. The normalized spacial score (nSPS) is 15.3. The molecule has 0 amide bonds. The van der Waals surface area contributed by atoms with Crippen molar-refractivity contribution in [2.24, 2.45) is 5.92 Å². The van der Waals surface area contributed by atoms with Crippen LogP contribution in [0.5, 0.6) is 5.75 Å². The average molecular weight is 206 g/mol. The van der Waals surface area contributed by atoms with Gasteiger partial charge in [-0.25, -0.2) is 0 Å². The summed E-state index contributed by atoms with van der Waals surface area (Å²) in [6, 6.07) is 4.00. The highest BCUT2D eigenvalue weighted by Gasteiger charge is 2.20. The number of pyridine rings is 1. The standard InChI is InChI=1S/C12H18N2O/c1-13-8-11-4-5-12(9-14-11)15-7-6-10-2-3-10/h4-5,9-10,13H,2-3,6-8H2,1H3. The van der Waals surface area contributed by atoms with E-state index in [2.05, 4.69) is 10.3 Å². The minimum atomic E-state index is 0.808. The molecule has 1 heterocycles. The van der Waals surface area contributed by atoms with Gasteiger partial charge in [0, 0.05) is 6.54 Å². The maximum absolute atomic E-state index is 5.61. The number of hydrogen-bond donors (Lipinski definition) is 1. The van der Waals surface area contributed by atoms with Crippen LogP contribution in [0.15, 0.2) is 18.3 Å². The molecule has 1 aromatic heterocycles. The quantitative estimate of drug-likeness (QED) is 0.772. The summed E-state index contributed by atoms with van der Waals surface area (Å²) in [5, 5.41) is 3.07. The number of rotatable bonds is 6. The van der Waals surface area contributed by atoms with Gasteiger partial charge in [0.2, 0.25) is 0 Å². The molecule has 3 nitrogen and oxygen atoms in total. The van der Waals surface area contributed by atoms with Gasteiger partial charge in [-0.05, 0) is 31.5 Å². The Morgan fingerprint density at radius 1 is 1.47 bits per heavy atom. The molecule has 1 aromatic rings. The van der Waals surface area contributed by atoms with Gasteiger partial charge in [-0.3, -0.25) is 4.98 Å². The SMILES string of the molecule is CNCc1ccc(OCCC2CC2)cn1. The first-order chi connectivity index (χ1) is 7.38. The third-order valence-corrected chi connectivity index (χ3v) is 2.65. The Hall–Kier alpha value is -1.09. The van der Waals surface area contributed by atoms with Crippen LogP contribution >= 0.6 is 0 Å². The molecule has 0 radical (unpaired) electrons. The molecule has 0 saturated heterocycles. The molecule has 82 valence electrons. The van der Waals surface area contributed by atoms with Crippen molar-refractivity contribution in [3.8, 4) is 5.75 Å². The summed E-state index contributed by atoms with van der Waals surface area (Å²) in [5.41, 5.74) is 1.05. The highest BCUT2D eigenvalue weighted by atomic mass is 16.5. The Kier molecular flexibility index (Phi) is 3.56. The summed E-state index contributed by atoms with van der Waals surface area (Å²) < 4.78 is 5.61. The lowest BCUT2D eigenvalue weighted by Crippen LogP contribution is -2.06. The number of ether oxygens (including phenoxy) is 1. The molecule has 1 aliphatic rings. The maximum Gasteiger partial charge on any atom is 0.137 e. The van der Waals surface area contributed by atoms with Crippen LogP contribution in [0.3, 0.4) is 0 Å². The number of nitrogens with zero attached hydrogens (tertiary/aromatic N) is 1. The predicted octanol–water partition coefficient (Wildman–Crippen LogP) is 1.98. The van der Waals surface area contributed by atoms with E-state index in [1.54, 1.807) is 6.20 Å². The monoisotopic (exact) mass is 206 g/mol. The Morgan fingerprint density at radius 2 is 2.33 bits per heavy atom. The summed E-state index contributed by atoms with van der Waals surface area (Å²) >= 11 is 0. The van der Waals surface area contributed by atoms with E-state index in [4.69, 9.17) is 4.74 Å². The van der Waals surface area contributed by atoms with Crippen LogP contribution in [0.25, 0.3) is 0 Å². The first kappa shape index (κ1) is 10.4.